The van der Waals surface area contributed by atoms with E-state index in [1.165, 1.54) is 4.31 Å². The van der Waals surface area contributed by atoms with Crippen molar-refractivity contribution in [2.45, 2.75) is 50.5 Å². The van der Waals surface area contributed by atoms with Crippen LogP contribution in [0, 0.1) is 5.92 Å². The minimum Gasteiger partial charge on any atom is -0.481 e. The fourth-order valence-electron chi connectivity index (χ4n) is 3.33. The number of carbonyl (C=O) groups is 1. The highest BCUT2D eigenvalue weighted by molar-refractivity contribution is 7.89. The van der Waals surface area contributed by atoms with Crippen molar-refractivity contribution in [3.05, 3.63) is 0 Å². The van der Waals surface area contributed by atoms with Crippen molar-refractivity contribution in [2.75, 3.05) is 18.8 Å². The van der Waals surface area contributed by atoms with Crippen LogP contribution in [0.5, 0.6) is 0 Å². The van der Waals surface area contributed by atoms with Crippen LogP contribution < -0.4 is 0 Å². The van der Waals surface area contributed by atoms with E-state index >= 15 is 0 Å². The monoisotopic (exact) mass is 305 g/mol. The summed E-state index contributed by atoms with van der Waals surface area (Å²) in [7, 11) is -3.40. The maximum absolute atomic E-state index is 12.2. The van der Waals surface area contributed by atoms with Crippen molar-refractivity contribution in [1.82, 2.24) is 4.31 Å². The predicted octanol–water partition coefficient (Wildman–Crippen LogP) is 0.808. The van der Waals surface area contributed by atoms with Gasteiger partial charge in [0, 0.05) is 25.4 Å². The summed E-state index contributed by atoms with van der Waals surface area (Å²) in [6, 6.07) is 0. The van der Waals surface area contributed by atoms with E-state index in [2.05, 4.69) is 0 Å². The average molecular weight is 305 g/mol. The molecule has 116 valence electrons. The zero-order valence-electron chi connectivity index (χ0n) is 11.6. The van der Waals surface area contributed by atoms with Crippen LogP contribution >= 0.6 is 0 Å². The number of nitrogens with zero attached hydrogens (tertiary/aromatic N) is 1. The van der Waals surface area contributed by atoms with Crippen LogP contribution in [0.3, 0.4) is 0 Å². The number of aliphatic carboxylic acids is 1. The molecule has 0 aromatic heterocycles. The van der Waals surface area contributed by atoms with Crippen molar-refractivity contribution in [3.63, 3.8) is 0 Å². The predicted molar refractivity (Wildman–Crippen MR) is 73.8 cm³/mol. The van der Waals surface area contributed by atoms with Gasteiger partial charge in [-0.3, -0.25) is 4.79 Å². The Morgan fingerprint density at radius 1 is 1.30 bits per heavy atom. The number of hydrogen-bond acceptors (Lipinski definition) is 4. The number of fused-ring (bicyclic) bond motifs is 1. The van der Waals surface area contributed by atoms with E-state index in [1.807, 2.05) is 0 Å². The maximum atomic E-state index is 12.2. The smallest absolute Gasteiger partial charge is 0.303 e. The molecule has 1 heterocycles. The number of carboxylic acids is 1. The number of rotatable bonds is 5. The Kier molecular flexibility index (Phi) is 4.71. The first-order valence-corrected chi connectivity index (χ1v) is 8.86. The number of hydrogen-bond donors (Lipinski definition) is 2. The molecule has 0 spiro atoms. The lowest BCUT2D eigenvalue weighted by atomic mass is 9.72. The molecule has 1 aliphatic carbocycles. The molecule has 2 N–H and O–H groups in total. The number of aliphatic hydroxyl groups is 1. The molecule has 0 bridgehead atoms. The van der Waals surface area contributed by atoms with Crippen molar-refractivity contribution >= 4 is 16.0 Å². The second-order valence-electron chi connectivity index (χ2n) is 5.97. The van der Waals surface area contributed by atoms with Crippen molar-refractivity contribution < 1.29 is 23.4 Å². The lowest BCUT2D eigenvalue weighted by Crippen LogP contribution is -2.54. The molecule has 1 aliphatic heterocycles. The molecule has 0 aromatic rings. The number of sulfonamides is 1. The van der Waals surface area contributed by atoms with Gasteiger partial charge in [0.25, 0.3) is 0 Å². The van der Waals surface area contributed by atoms with Crippen LogP contribution in [0.1, 0.15) is 44.9 Å². The average Bonchev–Trinajstić information content (AvgIpc) is 2.36. The second-order valence-corrected chi connectivity index (χ2v) is 8.06. The van der Waals surface area contributed by atoms with Crippen LogP contribution in [-0.4, -0.2) is 53.3 Å². The molecule has 2 unspecified atom stereocenters. The Bertz CT molecular complexity index is 463. The first-order valence-electron chi connectivity index (χ1n) is 7.25. The minimum atomic E-state index is -3.40. The molecule has 6 nitrogen and oxygen atoms in total. The van der Waals surface area contributed by atoms with E-state index in [-0.39, 0.29) is 24.5 Å². The normalized spacial score (nSPS) is 31.8. The van der Waals surface area contributed by atoms with Gasteiger partial charge in [-0.2, -0.15) is 0 Å². The van der Waals surface area contributed by atoms with Crippen LogP contribution in [0.15, 0.2) is 0 Å². The quantitative estimate of drug-likeness (QED) is 0.783. The molecule has 1 saturated heterocycles. The summed E-state index contributed by atoms with van der Waals surface area (Å²) in [5.74, 6) is -1.07. The zero-order chi connectivity index (χ0) is 14.8. The van der Waals surface area contributed by atoms with Gasteiger partial charge in [0.1, 0.15) is 0 Å². The largest absolute Gasteiger partial charge is 0.481 e. The molecular weight excluding hydrogens is 282 g/mol. The summed E-state index contributed by atoms with van der Waals surface area (Å²) in [6.07, 6.45) is 4.21. The second kappa shape index (κ2) is 5.99. The van der Waals surface area contributed by atoms with Crippen LogP contribution in [0.4, 0.5) is 0 Å². The van der Waals surface area contributed by atoms with Gasteiger partial charge < -0.3 is 10.2 Å². The molecule has 20 heavy (non-hydrogen) atoms. The number of piperidine rings is 1. The van der Waals surface area contributed by atoms with Gasteiger partial charge in [-0.15, -0.1) is 0 Å². The van der Waals surface area contributed by atoms with E-state index in [0.717, 1.165) is 25.7 Å². The third-order valence-electron chi connectivity index (χ3n) is 4.58. The van der Waals surface area contributed by atoms with E-state index in [4.69, 9.17) is 5.11 Å². The van der Waals surface area contributed by atoms with Gasteiger partial charge in [-0.1, -0.05) is 12.8 Å². The van der Waals surface area contributed by atoms with Gasteiger partial charge in [0.2, 0.25) is 10.0 Å². The summed E-state index contributed by atoms with van der Waals surface area (Å²) in [5.41, 5.74) is -0.689. The fourth-order valence-corrected chi connectivity index (χ4v) is 4.87. The van der Waals surface area contributed by atoms with Gasteiger partial charge >= 0.3 is 5.97 Å². The molecule has 0 radical (unpaired) electrons. The summed E-state index contributed by atoms with van der Waals surface area (Å²) >= 11 is 0. The van der Waals surface area contributed by atoms with E-state index in [9.17, 15) is 18.3 Å². The van der Waals surface area contributed by atoms with Crippen LogP contribution in [-0.2, 0) is 14.8 Å². The molecule has 2 fully saturated rings. The number of carboxylic acid groups (broad SMARTS) is 1. The highest BCUT2D eigenvalue weighted by atomic mass is 32.2. The molecule has 2 atom stereocenters. The van der Waals surface area contributed by atoms with Gasteiger partial charge in [0.15, 0.2) is 0 Å². The molecule has 0 amide bonds. The van der Waals surface area contributed by atoms with Crippen molar-refractivity contribution in [1.29, 1.82) is 0 Å². The Labute approximate surface area is 119 Å². The highest BCUT2D eigenvalue weighted by Crippen LogP contribution is 2.40. The Balaban J connectivity index is 1.94. The molecule has 1 saturated carbocycles. The summed E-state index contributed by atoms with van der Waals surface area (Å²) in [4.78, 5) is 10.4. The maximum Gasteiger partial charge on any atom is 0.303 e. The fraction of sp³-hybridized carbons (Fsp3) is 0.923. The lowest BCUT2D eigenvalue weighted by molar-refractivity contribution is -0.137. The SMILES string of the molecule is O=C(O)CCCS(=O)(=O)N1CCC2(O)CCCCC2C1. The highest BCUT2D eigenvalue weighted by Gasteiger charge is 2.45. The third kappa shape index (κ3) is 3.51. The van der Waals surface area contributed by atoms with Crippen molar-refractivity contribution in [2.24, 2.45) is 5.92 Å². The van der Waals surface area contributed by atoms with Gasteiger partial charge in [0.05, 0.1) is 11.4 Å². The Morgan fingerprint density at radius 2 is 2.05 bits per heavy atom. The minimum absolute atomic E-state index is 0.0271. The topological polar surface area (TPSA) is 94.9 Å². The summed E-state index contributed by atoms with van der Waals surface area (Å²) in [5, 5.41) is 19.1. The molecule has 0 aromatic carbocycles. The van der Waals surface area contributed by atoms with Gasteiger partial charge in [-0.05, 0) is 25.7 Å². The standard InChI is InChI=1S/C13H23NO5S/c15-12(16)5-3-9-20(18,19)14-8-7-13(17)6-2-1-4-11(13)10-14/h11,17H,1-10H2,(H,15,16). The van der Waals surface area contributed by atoms with Gasteiger partial charge in [-0.25, -0.2) is 12.7 Å². The first kappa shape index (κ1) is 15.7. The van der Waals surface area contributed by atoms with Crippen LogP contribution in [0.2, 0.25) is 0 Å². The zero-order valence-corrected chi connectivity index (χ0v) is 12.4. The summed E-state index contributed by atoms with van der Waals surface area (Å²) < 4.78 is 25.8. The van der Waals surface area contributed by atoms with Crippen LogP contribution in [0.25, 0.3) is 0 Å². The summed E-state index contributed by atoms with van der Waals surface area (Å²) in [6.45, 7) is 0.730. The molecule has 7 heteroatoms. The molecule has 2 aliphatic rings. The van der Waals surface area contributed by atoms with E-state index in [1.54, 1.807) is 0 Å². The van der Waals surface area contributed by atoms with E-state index in [0.29, 0.717) is 19.5 Å². The first-order chi connectivity index (χ1) is 9.33. The third-order valence-corrected chi connectivity index (χ3v) is 6.50. The Morgan fingerprint density at radius 3 is 2.75 bits per heavy atom. The van der Waals surface area contributed by atoms with E-state index < -0.39 is 21.6 Å². The molecular formula is C13H23NO5S. The van der Waals surface area contributed by atoms with Crippen molar-refractivity contribution in [3.8, 4) is 0 Å². The lowest BCUT2D eigenvalue weighted by Gasteiger charge is -2.46. The molecule has 2 rings (SSSR count). The Hall–Kier alpha value is -0.660.